The Labute approximate surface area is 425 Å². The van der Waals surface area contributed by atoms with Crippen molar-refractivity contribution in [3.8, 4) is 0 Å². The molecule has 0 aliphatic carbocycles. The molecule has 0 unspecified atom stereocenters. The Morgan fingerprint density at radius 2 is 1.07 bits per heavy atom. The number of hydrogen-bond donors (Lipinski definition) is 6. The van der Waals surface area contributed by atoms with Crippen LogP contribution in [-0.2, 0) is 12.8 Å². The van der Waals surface area contributed by atoms with Gasteiger partial charge in [0.15, 0.2) is 0 Å². The summed E-state index contributed by atoms with van der Waals surface area (Å²) in [6, 6.07) is 19.3. The lowest BCUT2D eigenvalue weighted by atomic mass is 9.87. The quantitative estimate of drug-likeness (QED) is 0.0473. The van der Waals surface area contributed by atoms with E-state index in [1.165, 1.54) is 31.2 Å². The second-order valence-electron chi connectivity index (χ2n) is 21.4. The Morgan fingerprint density at radius 3 is 1.48 bits per heavy atom. The number of benzene rings is 4. The molecule has 394 valence electrons. The van der Waals surface area contributed by atoms with E-state index < -0.39 is 60.4 Å². The summed E-state index contributed by atoms with van der Waals surface area (Å²) in [4.78, 5) is 15.0. The molecule has 16 heteroatoms. The summed E-state index contributed by atoms with van der Waals surface area (Å²) in [6.45, 7) is 13.4. The third-order valence-electron chi connectivity index (χ3n) is 15.5. The van der Waals surface area contributed by atoms with Crippen LogP contribution in [0.1, 0.15) is 106 Å². The summed E-state index contributed by atoms with van der Waals surface area (Å²) >= 11 is 0. The summed E-state index contributed by atoms with van der Waals surface area (Å²) in [5.74, 6) is -2.65. The van der Waals surface area contributed by atoms with Gasteiger partial charge in [0, 0.05) is 107 Å². The van der Waals surface area contributed by atoms with E-state index in [-0.39, 0.29) is 48.4 Å². The number of hydrogen-bond acceptors (Lipinski definition) is 8. The molecule has 6 N–H and O–H groups in total. The standard InChI is InChI=1S/C29H37F3N4O.C28H35F3N4O/c1-4-5-10-35-14-20(15-35)33-19-12-23(30)26(24(31)13-19)28-27-22(21-8-6-7-9-25(21)34-27)11-18(2)36(28)16-29(3,32)17-37;1-3-4-9-34-14-20(15-34)32-19-11-23(30)26(24(31)12-19)28-27-22(21-7-5-6-8-25(21)33-27)10-17(2)35(28)13-18(29)16-36/h6-9,12-13,18,20,28,33-34,37H,4-5,10-11,14-17H2,1-3H3;5-8,11-12,17-18,20,28,32-33,36H,3-4,9-10,13-16H2,1-2H3/t18-,28-,29-;17-,18-,28-/m11/s1. The summed E-state index contributed by atoms with van der Waals surface area (Å²) in [5.41, 5.74) is 3.85. The molecule has 10 nitrogen and oxygen atoms in total. The topological polar surface area (TPSA) is 109 Å². The Hall–Kier alpha value is -5.10. The highest BCUT2D eigenvalue weighted by atomic mass is 19.2. The number of aromatic nitrogens is 2. The molecular formula is C57H72F6N8O2. The van der Waals surface area contributed by atoms with Gasteiger partial charge in [-0.3, -0.25) is 19.6 Å². The Balaban J connectivity index is 0.000000180. The summed E-state index contributed by atoms with van der Waals surface area (Å²) in [6.07, 6.45) is 4.29. The normalized spacial score (nSPS) is 22.3. The van der Waals surface area contributed by atoms with Crippen LogP contribution in [0.25, 0.3) is 21.8 Å². The van der Waals surface area contributed by atoms with Gasteiger partial charge in [-0.2, -0.15) is 0 Å². The number of halogens is 6. The van der Waals surface area contributed by atoms with Gasteiger partial charge in [0.1, 0.15) is 35.1 Å². The Bertz CT molecular complexity index is 2800. The van der Waals surface area contributed by atoms with Crippen molar-refractivity contribution in [2.75, 3.05) is 76.2 Å². The molecule has 0 amide bonds. The van der Waals surface area contributed by atoms with Gasteiger partial charge in [-0.25, -0.2) is 26.3 Å². The Kier molecular flexibility index (Phi) is 16.2. The van der Waals surface area contributed by atoms with Gasteiger partial charge in [-0.15, -0.1) is 0 Å². The predicted molar refractivity (Wildman–Crippen MR) is 279 cm³/mol. The molecule has 73 heavy (non-hydrogen) atoms. The van der Waals surface area contributed by atoms with Crippen molar-refractivity contribution in [2.45, 2.75) is 121 Å². The molecule has 2 fully saturated rings. The molecular weight excluding hydrogens is 943 g/mol. The second-order valence-corrected chi connectivity index (χ2v) is 21.4. The number of para-hydroxylation sites is 2. The van der Waals surface area contributed by atoms with Crippen molar-refractivity contribution in [3.05, 3.63) is 130 Å². The lowest BCUT2D eigenvalue weighted by Crippen LogP contribution is -2.54. The van der Waals surface area contributed by atoms with E-state index in [0.29, 0.717) is 35.6 Å². The molecule has 6 atom stereocenters. The number of anilines is 2. The maximum absolute atomic E-state index is 15.8. The van der Waals surface area contributed by atoms with E-state index in [1.807, 2.05) is 62.4 Å². The maximum Gasteiger partial charge on any atom is 0.143 e. The summed E-state index contributed by atoms with van der Waals surface area (Å²) in [7, 11) is 0. The van der Waals surface area contributed by atoms with E-state index >= 15 is 22.0 Å². The fourth-order valence-corrected chi connectivity index (χ4v) is 11.7. The first-order chi connectivity index (χ1) is 35.1. The van der Waals surface area contributed by atoms with Crippen LogP contribution in [0.3, 0.4) is 0 Å². The van der Waals surface area contributed by atoms with Crippen LogP contribution >= 0.6 is 0 Å². The zero-order chi connectivity index (χ0) is 51.7. The van der Waals surface area contributed by atoms with Gasteiger partial charge in [0.2, 0.25) is 0 Å². The number of alkyl halides is 2. The molecule has 4 aliphatic rings. The van der Waals surface area contributed by atoms with Crippen molar-refractivity contribution >= 4 is 33.2 Å². The van der Waals surface area contributed by atoms with Crippen LogP contribution in [0.15, 0.2) is 72.8 Å². The fraction of sp³-hybridized carbons (Fsp3) is 0.509. The first-order valence-corrected chi connectivity index (χ1v) is 26.3. The van der Waals surface area contributed by atoms with Crippen LogP contribution in [0.4, 0.5) is 37.7 Å². The average Bonchev–Trinajstić information content (AvgIpc) is 3.89. The lowest BCUT2D eigenvalue weighted by Gasteiger charge is -2.43. The number of nitrogens with zero attached hydrogens (tertiary/aromatic N) is 4. The number of likely N-dealkylation sites (tertiary alicyclic amines) is 2. The van der Waals surface area contributed by atoms with E-state index in [1.54, 1.807) is 9.80 Å². The molecule has 4 aromatic carbocycles. The number of aliphatic hydroxyl groups excluding tert-OH is 2. The van der Waals surface area contributed by atoms with Crippen LogP contribution in [0.5, 0.6) is 0 Å². The molecule has 10 rings (SSSR count). The average molecular weight is 1020 g/mol. The van der Waals surface area contributed by atoms with Crippen LogP contribution < -0.4 is 10.6 Å². The van der Waals surface area contributed by atoms with E-state index in [9.17, 15) is 14.6 Å². The van der Waals surface area contributed by atoms with Gasteiger partial charge in [-0.05, 0) is 107 Å². The third kappa shape index (κ3) is 11.2. The predicted octanol–water partition coefficient (Wildman–Crippen LogP) is 10.4. The molecule has 0 radical (unpaired) electrons. The van der Waals surface area contributed by atoms with E-state index in [0.717, 1.165) is 97.9 Å². The van der Waals surface area contributed by atoms with Crippen molar-refractivity contribution in [1.29, 1.82) is 0 Å². The minimum Gasteiger partial charge on any atom is -0.393 e. The maximum atomic E-state index is 15.8. The molecule has 2 aromatic heterocycles. The molecule has 6 heterocycles. The van der Waals surface area contributed by atoms with Crippen LogP contribution in [0.2, 0.25) is 0 Å². The first-order valence-electron chi connectivity index (χ1n) is 26.3. The molecule has 4 aliphatic heterocycles. The van der Waals surface area contributed by atoms with Crippen molar-refractivity contribution in [2.24, 2.45) is 0 Å². The number of rotatable bonds is 18. The van der Waals surface area contributed by atoms with Gasteiger partial charge < -0.3 is 30.8 Å². The van der Waals surface area contributed by atoms with E-state index in [2.05, 4.69) is 44.2 Å². The zero-order valence-electron chi connectivity index (χ0n) is 42.7. The molecule has 6 aromatic rings. The van der Waals surface area contributed by atoms with Crippen molar-refractivity contribution < 1.29 is 36.6 Å². The smallest absolute Gasteiger partial charge is 0.143 e. The number of aromatic amines is 2. The van der Waals surface area contributed by atoms with Crippen molar-refractivity contribution in [1.82, 2.24) is 29.6 Å². The van der Waals surface area contributed by atoms with Crippen LogP contribution in [0, 0.1) is 23.3 Å². The third-order valence-corrected chi connectivity index (χ3v) is 15.5. The molecule has 2 saturated heterocycles. The number of H-pyrrole nitrogens is 2. The highest BCUT2D eigenvalue weighted by Crippen LogP contribution is 2.45. The summed E-state index contributed by atoms with van der Waals surface area (Å²) < 4.78 is 92.5. The van der Waals surface area contributed by atoms with Crippen molar-refractivity contribution in [3.63, 3.8) is 0 Å². The number of nitrogens with one attached hydrogen (secondary N) is 4. The number of unbranched alkanes of at least 4 members (excludes halogenated alkanes) is 2. The monoisotopic (exact) mass is 1010 g/mol. The number of fused-ring (bicyclic) bond motifs is 6. The highest BCUT2D eigenvalue weighted by molar-refractivity contribution is 5.86. The molecule has 0 bridgehead atoms. The van der Waals surface area contributed by atoms with Gasteiger partial charge in [0.05, 0.1) is 37.4 Å². The summed E-state index contributed by atoms with van der Waals surface area (Å²) in [5, 5.41) is 27.6. The van der Waals surface area contributed by atoms with Crippen LogP contribution in [-0.4, -0.2) is 141 Å². The molecule has 0 spiro atoms. The fourth-order valence-electron chi connectivity index (χ4n) is 11.7. The van der Waals surface area contributed by atoms with Gasteiger partial charge in [0.25, 0.3) is 0 Å². The highest BCUT2D eigenvalue weighted by Gasteiger charge is 2.43. The first kappa shape index (κ1) is 52.8. The second kappa shape index (κ2) is 22.4. The Morgan fingerprint density at radius 1 is 0.658 bits per heavy atom. The zero-order valence-corrected chi connectivity index (χ0v) is 42.7. The minimum absolute atomic E-state index is 0.0942. The lowest BCUT2D eigenvalue weighted by molar-refractivity contribution is 0.0162. The SMILES string of the molecule is CCCCN1CC(Nc2cc(F)c([C@@H]3c4[nH]c5ccccc5c4C[C@@H](C)N3C[C@@H](F)CO)c(F)c2)C1.CCCCN1CC(Nc2cc(F)c([C@@H]3c4[nH]c5ccccc5c4C[C@@H](C)N3C[C@@](C)(F)CO)c(F)c2)C1. The largest absolute Gasteiger partial charge is 0.393 e. The molecule has 0 saturated carbocycles. The van der Waals surface area contributed by atoms with Gasteiger partial charge >= 0.3 is 0 Å². The minimum atomic E-state index is -1.92. The van der Waals surface area contributed by atoms with E-state index in [4.69, 9.17) is 0 Å². The van der Waals surface area contributed by atoms with Gasteiger partial charge in [-0.1, -0.05) is 63.1 Å². The number of aliphatic hydroxyl groups is 2.